The van der Waals surface area contributed by atoms with Crippen molar-refractivity contribution in [2.75, 3.05) is 13.7 Å². The van der Waals surface area contributed by atoms with Gasteiger partial charge in [-0.1, -0.05) is 12.1 Å². The van der Waals surface area contributed by atoms with E-state index in [0.717, 1.165) is 11.3 Å². The Hall–Kier alpha value is -3.81. The maximum absolute atomic E-state index is 12.9. The zero-order valence-electron chi connectivity index (χ0n) is 17.8. The third-order valence-corrected chi connectivity index (χ3v) is 4.58. The molecule has 1 atom stereocenters. The number of halogens is 1. The molecule has 1 unspecified atom stereocenters. The van der Waals surface area contributed by atoms with Gasteiger partial charge in [-0.3, -0.25) is 4.79 Å². The van der Waals surface area contributed by atoms with Crippen LogP contribution in [0.5, 0.6) is 11.5 Å². The first-order chi connectivity index (χ1) is 15.4. The minimum Gasteiger partial charge on any atom is -0.497 e. The average molecular weight is 441 g/mol. The number of hydrogen-bond acceptors (Lipinski definition) is 6. The molecule has 0 aliphatic carbocycles. The Morgan fingerprint density at radius 3 is 2.38 bits per heavy atom. The molecule has 32 heavy (non-hydrogen) atoms. The SMILES string of the molecule is COc1ccc(CCNC(=O)C(C)OC(=O)c2ccc(COc3ccc(F)cc3)o2)cc1. The van der Waals surface area contributed by atoms with Crippen molar-refractivity contribution in [3.05, 3.63) is 83.6 Å². The van der Waals surface area contributed by atoms with Crippen LogP contribution in [-0.4, -0.2) is 31.6 Å². The lowest BCUT2D eigenvalue weighted by Gasteiger charge is -2.13. The zero-order chi connectivity index (χ0) is 22.9. The molecule has 0 saturated heterocycles. The molecule has 0 radical (unpaired) electrons. The van der Waals surface area contributed by atoms with Crippen LogP contribution in [-0.2, 0) is 22.6 Å². The van der Waals surface area contributed by atoms with Gasteiger partial charge in [-0.25, -0.2) is 9.18 Å². The van der Waals surface area contributed by atoms with Crippen LogP contribution in [0, 0.1) is 5.82 Å². The fourth-order valence-corrected chi connectivity index (χ4v) is 2.79. The number of rotatable bonds is 10. The molecule has 1 N–H and O–H groups in total. The second-order valence-electron chi connectivity index (χ2n) is 6.95. The second-order valence-corrected chi connectivity index (χ2v) is 6.95. The molecule has 1 heterocycles. The summed E-state index contributed by atoms with van der Waals surface area (Å²) in [6, 6.07) is 16.1. The van der Waals surface area contributed by atoms with Crippen molar-refractivity contribution in [3.8, 4) is 11.5 Å². The van der Waals surface area contributed by atoms with Gasteiger partial charge in [0.25, 0.3) is 5.91 Å². The molecule has 0 aliphatic heterocycles. The Morgan fingerprint density at radius 1 is 1.00 bits per heavy atom. The largest absolute Gasteiger partial charge is 0.497 e. The van der Waals surface area contributed by atoms with Crippen molar-refractivity contribution in [2.45, 2.75) is 26.1 Å². The van der Waals surface area contributed by atoms with Gasteiger partial charge in [0.2, 0.25) is 5.76 Å². The highest BCUT2D eigenvalue weighted by atomic mass is 19.1. The molecule has 168 valence electrons. The van der Waals surface area contributed by atoms with Crippen LogP contribution in [0.3, 0.4) is 0 Å². The maximum Gasteiger partial charge on any atom is 0.375 e. The highest BCUT2D eigenvalue weighted by Gasteiger charge is 2.21. The molecular formula is C24H24FNO6. The summed E-state index contributed by atoms with van der Waals surface area (Å²) < 4.78 is 34.1. The first-order valence-electron chi connectivity index (χ1n) is 10.0. The van der Waals surface area contributed by atoms with E-state index >= 15 is 0 Å². The first kappa shape index (κ1) is 22.9. The van der Waals surface area contributed by atoms with E-state index in [1.165, 1.54) is 37.3 Å². The van der Waals surface area contributed by atoms with Crippen molar-refractivity contribution in [1.29, 1.82) is 0 Å². The van der Waals surface area contributed by atoms with Crippen molar-refractivity contribution >= 4 is 11.9 Å². The molecule has 0 bridgehead atoms. The summed E-state index contributed by atoms with van der Waals surface area (Å²) in [5, 5.41) is 2.74. The van der Waals surface area contributed by atoms with E-state index in [1.54, 1.807) is 13.2 Å². The number of furan rings is 1. The molecule has 3 aromatic rings. The number of nitrogens with one attached hydrogen (secondary N) is 1. The number of ether oxygens (including phenoxy) is 3. The predicted octanol–water partition coefficient (Wildman–Crippen LogP) is 3.91. The summed E-state index contributed by atoms with van der Waals surface area (Å²) in [6.45, 7) is 1.95. The minimum absolute atomic E-state index is 0.0411. The molecule has 0 fully saturated rings. The first-order valence-corrected chi connectivity index (χ1v) is 10.0. The number of esters is 1. The smallest absolute Gasteiger partial charge is 0.375 e. The van der Waals surface area contributed by atoms with Gasteiger partial charge in [0.15, 0.2) is 6.10 Å². The van der Waals surface area contributed by atoms with Gasteiger partial charge in [-0.15, -0.1) is 0 Å². The van der Waals surface area contributed by atoms with Crippen LogP contribution < -0.4 is 14.8 Å². The van der Waals surface area contributed by atoms with Gasteiger partial charge in [0.05, 0.1) is 7.11 Å². The number of benzene rings is 2. The van der Waals surface area contributed by atoms with Crippen LogP contribution in [0.4, 0.5) is 4.39 Å². The molecule has 2 aromatic carbocycles. The average Bonchev–Trinajstić information content (AvgIpc) is 3.28. The third kappa shape index (κ3) is 6.60. The van der Waals surface area contributed by atoms with Gasteiger partial charge in [0.1, 0.15) is 29.7 Å². The lowest BCUT2D eigenvalue weighted by molar-refractivity contribution is -0.129. The number of carbonyl (C=O) groups excluding carboxylic acids is 2. The fourth-order valence-electron chi connectivity index (χ4n) is 2.79. The van der Waals surface area contributed by atoms with E-state index in [-0.39, 0.29) is 18.2 Å². The van der Waals surface area contributed by atoms with Crippen LogP contribution in [0.1, 0.15) is 28.8 Å². The molecule has 1 amide bonds. The molecule has 3 rings (SSSR count). The van der Waals surface area contributed by atoms with Gasteiger partial charge >= 0.3 is 5.97 Å². The predicted molar refractivity (Wildman–Crippen MR) is 114 cm³/mol. The minimum atomic E-state index is -0.984. The van der Waals surface area contributed by atoms with Crippen LogP contribution >= 0.6 is 0 Å². The normalized spacial score (nSPS) is 11.5. The summed E-state index contributed by atoms with van der Waals surface area (Å²) in [6.07, 6.45) is -0.353. The molecule has 0 spiro atoms. The van der Waals surface area contributed by atoms with E-state index in [9.17, 15) is 14.0 Å². The molecule has 1 aromatic heterocycles. The monoisotopic (exact) mass is 441 g/mol. The third-order valence-electron chi connectivity index (χ3n) is 4.58. The summed E-state index contributed by atoms with van der Waals surface area (Å²) in [5.74, 6) is 0.0557. The lowest BCUT2D eigenvalue weighted by atomic mass is 10.1. The summed E-state index contributed by atoms with van der Waals surface area (Å²) in [5.41, 5.74) is 1.04. The van der Waals surface area contributed by atoms with E-state index in [2.05, 4.69) is 5.32 Å². The zero-order valence-corrected chi connectivity index (χ0v) is 17.8. The van der Waals surface area contributed by atoms with Crippen LogP contribution in [0.2, 0.25) is 0 Å². The number of hydrogen-bond donors (Lipinski definition) is 1. The van der Waals surface area contributed by atoms with E-state index < -0.39 is 18.0 Å². The van der Waals surface area contributed by atoms with Gasteiger partial charge < -0.3 is 23.9 Å². The fraction of sp³-hybridized carbons (Fsp3) is 0.250. The molecule has 0 saturated carbocycles. The van der Waals surface area contributed by atoms with Crippen molar-refractivity contribution in [3.63, 3.8) is 0 Å². The lowest BCUT2D eigenvalue weighted by Crippen LogP contribution is -2.36. The Morgan fingerprint density at radius 2 is 1.69 bits per heavy atom. The molecule has 0 aliphatic rings. The standard InChI is InChI=1S/C24H24FNO6/c1-16(23(27)26-14-13-17-3-7-19(29-2)8-4-17)31-24(28)22-12-11-21(32-22)15-30-20-9-5-18(25)6-10-20/h3-12,16H,13-15H2,1-2H3,(H,26,27). The van der Waals surface area contributed by atoms with Gasteiger partial charge in [-0.2, -0.15) is 0 Å². The van der Waals surface area contributed by atoms with Crippen molar-refractivity contribution in [2.24, 2.45) is 0 Å². The Bertz CT molecular complexity index is 1030. The Labute approximate surface area is 185 Å². The molecule has 7 nitrogen and oxygen atoms in total. The summed E-state index contributed by atoms with van der Waals surface area (Å²) >= 11 is 0. The van der Waals surface area contributed by atoms with Crippen molar-refractivity contribution in [1.82, 2.24) is 5.32 Å². The van der Waals surface area contributed by atoms with E-state index in [0.29, 0.717) is 24.5 Å². The summed E-state index contributed by atoms with van der Waals surface area (Å²) in [4.78, 5) is 24.5. The second kappa shape index (κ2) is 11.0. The number of amides is 1. The number of methoxy groups -OCH3 is 1. The maximum atomic E-state index is 12.9. The highest BCUT2D eigenvalue weighted by molar-refractivity contribution is 5.90. The van der Waals surface area contributed by atoms with Gasteiger partial charge in [0, 0.05) is 6.54 Å². The van der Waals surface area contributed by atoms with Crippen LogP contribution in [0.15, 0.2) is 65.1 Å². The Kier molecular flexibility index (Phi) is 7.85. The highest BCUT2D eigenvalue weighted by Crippen LogP contribution is 2.16. The van der Waals surface area contributed by atoms with Crippen molar-refractivity contribution < 1.29 is 32.6 Å². The van der Waals surface area contributed by atoms with Gasteiger partial charge in [-0.05, 0) is 67.4 Å². The van der Waals surface area contributed by atoms with E-state index in [1.807, 2.05) is 24.3 Å². The van der Waals surface area contributed by atoms with E-state index in [4.69, 9.17) is 18.6 Å². The topological polar surface area (TPSA) is 87.0 Å². The molecular weight excluding hydrogens is 417 g/mol. The number of carbonyl (C=O) groups is 2. The Balaban J connectivity index is 1.42. The van der Waals surface area contributed by atoms with Crippen LogP contribution in [0.25, 0.3) is 0 Å². The quantitative estimate of drug-likeness (QED) is 0.480. The molecule has 8 heteroatoms. The summed E-state index contributed by atoms with van der Waals surface area (Å²) in [7, 11) is 1.60.